The summed E-state index contributed by atoms with van der Waals surface area (Å²) < 4.78 is 16.8. The Morgan fingerprint density at radius 3 is 1.07 bits per heavy atom. The Morgan fingerprint density at radius 1 is 0.381 bits per heavy atom. The van der Waals surface area contributed by atoms with Crippen molar-refractivity contribution in [2.24, 2.45) is 0 Å². The molecule has 1 rings (SSSR count). The number of ether oxygens (including phenoxy) is 3. The molecule has 11 heteroatoms. The Bertz CT molecular complexity index is 1750. The average Bonchev–Trinajstić information content (AvgIpc) is 0.924. The van der Waals surface area contributed by atoms with Gasteiger partial charge >= 0.3 is 5.97 Å². The van der Waals surface area contributed by atoms with Gasteiger partial charge in [0.1, 0.15) is 24.4 Å². The molecular weight excluding hydrogens is 1210 g/mol. The molecule has 0 aromatic rings. The van der Waals surface area contributed by atoms with Crippen molar-refractivity contribution in [3.8, 4) is 0 Å². The molecule has 1 fully saturated rings. The van der Waals surface area contributed by atoms with Gasteiger partial charge in [-0.1, -0.05) is 371 Å². The lowest BCUT2D eigenvalue weighted by Crippen LogP contribution is -2.60. The second kappa shape index (κ2) is 74.8. The smallest absolute Gasteiger partial charge is 0.305 e. The lowest BCUT2D eigenvalue weighted by Gasteiger charge is -2.40. The van der Waals surface area contributed by atoms with E-state index in [-0.39, 0.29) is 18.5 Å². The number of unbranched alkanes of at least 4 members (excludes halogenated alkanes) is 56. The first-order valence-corrected chi connectivity index (χ1v) is 42.4. The number of hydrogen-bond acceptors (Lipinski definition) is 10. The largest absolute Gasteiger partial charge is 0.466 e. The van der Waals surface area contributed by atoms with E-state index in [4.69, 9.17) is 14.2 Å². The number of hydrogen-bond donors (Lipinski definition) is 6. The highest BCUT2D eigenvalue weighted by Gasteiger charge is 2.44. The summed E-state index contributed by atoms with van der Waals surface area (Å²) in [6, 6.07) is -0.806. The molecule has 7 unspecified atom stereocenters. The quantitative estimate of drug-likeness (QED) is 0.0195. The molecule has 1 aliphatic rings. The van der Waals surface area contributed by atoms with E-state index in [1.54, 1.807) is 6.08 Å². The first kappa shape index (κ1) is 92.6. The summed E-state index contributed by atoms with van der Waals surface area (Å²) in [5.41, 5.74) is 0. The monoisotopic (exact) mass is 1370 g/mol. The van der Waals surface area contributed by atoms with E-state index >= 15 is 0 Å². The fourth-order valence-electron chi connectivity index (χ4n) is 13.5. The van der Waals surface area contributed by atoms with Gasteiger partial charge in [0.05, 0.1) is 32.0 Å². The van der Waals surface area contributed by atoms with Crippen molar-refractivity contribution in [3.63, 3.8) is 0 Å². The Hall–Kier alpha value is -2.38. The molecule has 1 aliphatic heterocycles. The third kappa shape index (κ3) is 63.1. The highest BCUT2D eigenvalue weighted by atomic mass is 16.7. The van der Waals surface area contributed by atoms with Crippen LogP contribution in [0.2, 0.25) is 0 Å². The van der Waals surface area contributed by atoms with E-state index in [0.29, 0.717) is 19.4 Å². The number of esters is 1. The summed E-state index contributed by atoms with van der Waals surface area (Å²) in [5.74, 6) is -0.162. The summed E-state index contributed by atoms with van der Waals surface area (Å²) in [7, 11) is 0. The highest BCUT2D eigenvalue weighted by molar-refractivity contribution is 5.76. The second-order valence-corrected chi connectivity index (χ2v) is 29.5. The molecule has 7 atom stereocenters. The molecule has 1 heterocycles. The van der Waals surface area contributed by atoms with Crippen molar-refractivity contribution >= 4 is 11.9 Å². The van der Waals surface area contributed by atoms with Gasteiger partial charge in [-0.25, -0.2) is 0 Å². The van der Waals surface area contributed by atoms with Crippen LogP contribution >= 0.6 is 0 Å². The normalized spacial score (nSPS) is 17.5. The van der Waals surface area contributed by atoms with Crippen LogP contribution in [-0.4, -0.2) is 100 Å². The molecule has 97 heavy (non-hydrogen) atoms. The average molecular weight is 1370 g/mol. The molecule has 0 aromatic carbocycles. The zero-order valence-corrected chi connectivity index (χ0v) is 63.8. The molecule has 0 aliphatic carbocycles. The second-order valence-electron chi connectivity index (χ2n) is 29.5. The van der Waals surface area contributed by atoms with E-state index < -0.39 is 49.5 Å². The zero-order valence-electron chi connectivity index (χ0n) is 63.8. The standard InChI is InChI=1S/C86H161NO10/c1-3-5-7-9-11-13-15-16-17-18-40-44-47-50-54-58-62-66-70-74-82(91)95-75-71-67-63-59-55-51-48-45-42-39-37-35-33-31-29-27-25-23-21-19-20-22-24-26-28-30-32-34-36-38-41-43-46-49-53-57-61-65-69-73-81(90)87-78(77-96-86-85(94)84(93)83(92)80(76-88)97-86)79(89)72-68-64-60-56-52-14-12-10-8-6-4-2/h11,13,16-17,19-20,68,72,78-80,83-86,88-89,92-94H,3-10,12,14-15,18,21-67,69-71,73-77H2,1-2H3,(H,87,90)/b13-11-,17-16-,20-19-,72-68+. The summed E-state index contributed by atoms with van der Waals surface area (Å²) in [5, 5.41) is 54.5. The summed E-state index contributed by atoms with van der Waals surface area (Å²) in [4.78, 5) is 25.2. The fourth-order valence-corrected chi connectivity index (χ4v) is 13.5. The predicted molar refractivity (Wildman–Crippen MR) is 412 cm³/mol. The minimum Gasteiger partial charge on any atom is -0.466 e. The van der Waals surface area contributed by atoms with Gasteiger partial charge in [0.25, 0.3) is 0 Å². The van der Waals surface area contributed by atoms with Gasteiger partial charge in [0.15, 0.2) is 6.29 Å². The van der Waals surface area contributed by atoms with Crippen LogP contribution in [0.4, 0.5) is 0 Å². The Morgan fingerprint density at radius 2 is 0.691 bits per heavy atom. The van der Waals surface area contributed by atoms with Crippen LogP contribution < -0.4 is 5.32 Å². The van der Waals surface area contributed by atoms with Crippen LogP contribution in [0.5, 0.6) is 0 Å². The molecule has 1 saturated heterocycles. The number of carbonyl (C=O) groups is 2. The topological polar surface area (TPSA) is 175 Å². The van der Waals surface area contributed by atoms with Crippen LogP contribution in [0.1, 0.15) is 425 Å². The molecule has 0 radical (unpaired) electrons. The molecule has 6 N–H and O–H groups in total. The summed E-state index contributed by atoms with van der Waals surface area (Å²) >= 11 is 0. The van der Waals surface area contributed by atoms with E-state index in [1.807, 2.05) is 6.08 Å². The van der Waals surface area contributed by atoms with E-state index in [9.17, 15) is 35.1 Å². The van der Waals surface area contributed by atoms with E-state index in [1.165, 1.54) is 334 Å². The first-order valence-electron chi connectivity index (χ1n) is 42.4. The van der Waals surface area contributed by atoms with Crippen LogP contribution in [0.3, 0.4) is 0 Å². The van der Waals surface area contributed by atoms with E-state index in [2.05, 4.69) is 55.6 Å². The van der Waals surface area contributed by atoms with Crippen molar-refractivity contribution < 1.29 is 49.3 Å². The minimum atomic E-state index is -1.57. The number of rotatable bonds is 76. The molecule has 11 nitrogen and oxygen atoms in total. The zero-order chi connectivity index (χ0) is 70.1. The maximum Gasteiger partial charge on any atom is 0.305 e. The van der Waals surface area contributed by atoms with Crippen molar-refractivity contribution in [2.75, 3.05) is 19.8 Å². The van der Waals surface area contributed by atoms with Crippen molar-refractivity contribution in [3.05, 3.63) is 48.6 Å². The van der Waals surface area contributed by atoms with Crippen LogP contribution in [-0.2, 0) is 23.8 Å². The van der Waals surface area contributed by atoms with Crippen LogP contribution in [0.15, 0.2) is 48.6 Å². The van der Waals surface area contributed by atoms with Gasteiger partial charge in [0, 0.05) is 12.8 Å². The number of aliphatic hydroxyl groups excluding tert-OH is 5. The van der Waals surface area contributed by atoms with Gasteiger partial charge in [-0.3, -0.25) is 9.59 Å². The minimum absolute atomic E-state index is 0.0135. The third-order valence-electron chi connectivity index (χ3n) is 20.2. The molecule has 570 valence electrons. The number of allylic oxidation sites excluding steroid dienone is 7. The Balaban J connectivity index is 1.85. The molecular formula is C86H161NO10. The molecule has 1 amide bonds. The van der Waals surface area contributed by atoms with Crippen molar-refractivity contribution in [1.29, 1.82) is 0 Å². The molecule has 0 aromatic heterocycles. The maximum absolute atomic E-state index is 13.1. The first-order chi connectivity index (χ1) is 47.7. The van der Waals surface area contributed by atoms with Gasteiger partial charge in [0.2, 0.25) is 5.91 Å². The molecule has 0 spiro atoms. The third-order valence-corrected chi connectivity index (χ3v) is 20.2. The highest BCUT2D eigenvalue weighted by Crippen LogP contribution is 2.24. The lowest BCUT2D eigenvalue weighted by molar-refractivity contribution is -0.302. The molecule has 0 saturated carbocycles. The Kier molecular flexibility index (Phi) is 71.4. The SMILES string of the molecule is CCCCC/C=C\C/C=C\CCCCCCCCCCCC(=O)OCCCCCCCCCCCCCCCCCCCC/C=C\CCCCCCCCCCCCCCCCCCCC(=O)NC(COC1OC(CO)C(O)C(O)C1O)C(O)/C=C/CCCCCCCCCCC. The van der Waals surface area contributed by atoms with Gasteiger partial charge < -0.3 is 45.1 Å². The maximum atomic E-state index is 13.1. The summed E-state index contributed by atoms with van der Waals surface area (Å²) in [6.07, 6.45) is 90.3. The number of aliphatic hydroxyl groups is 5. The number of amides is 1. The number of carbonyl (C=O) groups excluding carboxylic acids is 2. The van der Waals surface area contributed by atoms with Gasteiger partial charge in [-0.2, -0.15) is 0 Å². The lowest BCUT2D eigenvalue weighted by atomic mass is 9.99. The fraction of sp³-hybridized carbons (Fsp3) is 0.884. The van der Waals surface area contributed by atoms with Crippen molar-refractivity contribution in [2.45, 2.75) is 468 Å². The summed E-state index contributed by atoms with van der Waals surface area (Å²) in [6.45, 7) is 4.36. The molecule has 0 bridgehead atoms. The van der Waals surface area contributed by atoms with E-state index in [0.717, 1.165) is 64.2 Å². The van der Waals surface area contributed by atoms with Gasteiger partial charge in [-0.05, 0) is 89.9 Å². The van der Waals surface area contributed by atoms with Crippen molar-refractivity contribution in [1.82, 2.24) is 5.32 Å². The number of nitrogens with one attached hydrogen (secondary N) is 1. The van der Waals surface area contributed by atoms with Gasteiger partial charge in [-0.15, -0.1) is 0 Å². The Labute approximate surface area is 599 Å². The predicted octanol–water partition coefficient (Wildman–Crippen LogP) is 23.4. The van der Waals surface area contributed by atoms with Crippen LogP contribution in [0, 0.1) is 0 Å². The van der Waals surface area contributed by atoms with Crippen LogP contribution in [0.25, 0.3) is 0 Å².